The molecule has 2 aromatic rings. The molecule has 2 aromatic heterocycles. The Labute approximate surface area is 106 Å². The standard InChI is InChI=1S/C13H17N3O2/c1-4-16-12(11(18-3)9-15-16)13(2,17)10-6-5-7-14-8-10/h5-9,17H,4H2,1-3H3. The first kappa shape index (κ1) is 12.6. The van der Waals surface area contributed by atoms with E-state index in [1.807, 2.05) is 13.0 Å². The van der Waals surface area contributed by atoms with Crippen LogP contribution in [0.4, 0.5) is 0 Å². The van der Waals surface area contributed by atoms with Crippen molar-refractivity contribution in [3.05, 3.63) is 42.0 Å². The second kappa shape index (κ2) is 4.78. The molecular weight excluding hydrogens is 230 g/mol. The van der Waals surface area contributed by atoms with Crippen LogP contribution in [0.5, 0.6) is 5.75 Å². The molecule has 0 saturated carbocycles. The molecule has 96 valence electrons. The predicted octanol–water partition coefficient (Wildman–Crippen LogP) is 1.56. The van der Waals surface area contributed by atoms with E-state index in [2.05, 4.69) is 10.1 Å². The fourth-order valence-corrected chi connectivity index (χ4v) is 2.04. The van der Waals surface area contributed by atoms with Crippen LogP contribution in [0, 0.1) is 0 Å². The Bertz CT molecular complexity index is 499. The van der Waals surface area contributed by atoms with Gasteiger partial charge in [0, 0.05) is 24.5 Å². The summed E-state index contributed by atoms with van der Waals surface area (Å²) in [6, 6.07) is 3.63. The molecule has 0 aliphatic rings. The van der Waals surface area contributed by atoms with E-state index < -0.39 is 5.60 Å². The number of ether oxygens (including phenoxy) is 1. The number of hydrogen-bond acceptors (Lipinski definition) is 4. The Morgan fingerprint density at radius 3 is 2.78 bits per heavy atom. The Kier molecular flexibility index (Phi) is 3.34. The highest BCUT2D eigenvalue weighted by molar-refractivity contribution is 5.38. The zero-order valence-corrected chi connectivity index (χ0v) is 10.8. The number of rotatable bonds is 4. The van der Waals surface area contributed by atoms with Gasteiger partial charge in [0.1, 0.15) is 11.3 Å². The number of aryl methyl sites for hydroxylation is 1. The van der Waals surface area contributed by atoms with Gasteiger partial charge in [0.25, 0.3) is 0 Å². The molecule has 0 bridgehead atoms. The smallest absolute Gasteiger partial charge is 0.163 e. The quantitative estimate of drug-likeness (QED) is 0.890. The lowest BCUT2D eigenvalue weighted by atomic mass is 9.93. The Morgan fingerprint density at radius 2 is 2.22 bits per heavy atom. The highest BCUT2D eigenvalue weighted by atomic mass is 16.5. The molecule has 0 radical (unpaired) electrons. The highest BCUT2D eigenvalue weighted by Gasteiger charge is 2.33. The zero-order chi connectivity index (χ0) is 13.2. The Morgan fingerprint density at radius 1 is 1.44 bits per heavy atom. The Hall–Kier alpha value is -1.88. The number of aliphatic hydroxyl groups is 1. The van der Waals surface area contributed by atoms with Gasteiger partial charge >= 0.3 is 0 Å². The maximum Gasteiger partial charge on any atom is 0.163 e. The summed E-state index contributed by atoms with van der Waals surface area (Å²) in [5.41, 5.74) is 0.158. The van der Waals surface area contributed by atoms with Gasteiger partial charge in [-0.2, -0.15) is 5.10 Å². The molecule has 2 rings (SSSR count). The summed E-state index contributed by atoms with van der Waals surface area (Å²) in [4.78, 5) is 4.04. The number of methoxy groups -OCH3 is 1. The minimum atomic E-state index is -1.19. The van der Waals surface area contributed by atoms with E-state index in [-0.39, 0.29) is 0 Å². The van der Waals surface area contributed by atoms with Crippen LogP contribution < -0.4 is 4.74 Å². The van der Waals surface area contributed by atoms with E-state index in [4.69, 9.17) is 4.74 Å². The van der Waals surface area contributed by atoms with Crippen molar-refractivity contribution in [2.45, 2.75) is 26.0 Å². The Balaban J connectivity index is 2.56. The van der Waals surface area contributed by atoms with E-state index >= 15 is 0 Å². The second-order valence-electron chi connectivity index (χ2n) is 4.19. The topological polar surface area (TPSA) is 60.2 Å². The van der Waals surface area contributed by atoms with Crippen LogP contribution in [-0.4, -0.2) is 27.0 Å². The van der Waals surface area contributed by atoms with E-state index in [0.29, 0.717) is 23.6 Å². The molecule has 0 amide bonds. The minimum absolute atomic E-state index is 0.575. The molecule has 5 nitrogen and oxygen atoms in total. The molecule has 5 heteroatoms. The monoisotopic (exact) mass is 247 g/mol. The van der Waals surface area contributed by atoms with Gasteiger partial charge in [-0.05, 0) is 19.9 Å². The average Bonchev–Trinajstić information content (AvgIpc) is 2.83. The first-order chi connectivity index (χ1) is 8.61. The lowest BCUT2D eigenvalue weighted by molar-refractivity contribution is 0.0882. The van der Waals surface area contributed by atoms with Gasteiger partial charge < -0.3 is 9.84 Å². The maximum atomic E-state index is 10.8. The second-order valence-corrected chi connectivity index (χ2v) is 4.19. The van der Waals surface area contributed by atoms with Crippen molar-refractivity contribution in [2.24, 2.45) is 0 Å². The summed E-state index contributed by atoms with van der Waals surface area (Å²) in [5.74, 6) is 0.575. The molecule has 2 heterocycles. The van der Waals surface area contributed by atoms with Crippen LogP contribution >= 0.6 is 0 Å². The molecule has 0 fully saturated rings. The molecule has 0 spiro atoms. The fourth-order valence-electron chi connectivity index (χ4n) is 2.04. The number of pyridine rings is 1. The summed E-state index contributed by atoms with van der Waals surface area (Å²) in [5, 5.41) is 15.0. The third-order valence-electron chi connectivity index (χ3n) is 3.01. The normalized spacial score (nSPS) is 14.2. The average molecular weight is 247 g/mol. The first-order valence-electron chi connectivity index (χ1n) is 5.84. The summed E-state index contributed by atoms with van der Waals surface area (Å²) in [6.45, 7) is 4.35. The molecule has 1 unspecified atom stereocenters. The summed E-state index contributed by atoms with van der Waals surface area (Å²) >= 11 is 0. The van der Waals surface area contributed by atoms with Crippen LogP contribution in [0.3, 0.4) is 0 Å². The minimum Gasteiger partial charge on any atom is -0.493 e. The van der Waals surface area contributed by atoms with Crippen molar-refractivity contribution in [2.75, 3.05) is 7.11 Å². The van der Waals surface area contributed by atoms with Gasteiger partial charge in [0.15, 0.2) is 5.75 Å². The molecule has 18 heavy (non-hydrogen) atoms. The molecule has 1 atom stereocenters. The molecule has 0 aliphatic carbocycles. The van der Waals surface area contributed by atoms with Crippen LogP contribution in [0.1, 0.15) is 25.1 Å². The lowest BCUT2D eigenvalue weighted by Crippen LogP contribution is -2.27. The van der Waals surface area contributed by atoms with Crippen LogP contribution in [0.15, 0.2) is 30.7 Å². The van der Waals surface area contributed by atoms with E-state index in [1.54, 1.807) is 43.4 Å². The van der Waals surface area contributed by atoms with Gasteiger partial charge in [-0.15, -0.1) is 0 Å². The third kappa shape index (κ3) is 1.97. The van der Waals surface area contributed by atoms with Gasteiger partial charge in [-0.25, -0.2) is 0 Å². The van der Waals surface area contributed by atoms with E-state index in [0.717, 1.165) is 0 Å². The van der Waals surface area contributed by atoms with Crippen molar-refractivity contribution in [3.63, 3.8) is 0 Å². The first-order valence-corrected chi connectivity index (χ1v) is 5.84. The summed E-state index contributed by atoms with van der Waals surface area (Å²) in [6.07, 6.45) is 4.93. The summed E-state index contributed by atoms with van der Waals surface area (Å²) in [7, 11) is 1.57. The molecule has 0 aromatic carbocycles. The fraction of sp³-hybridized carbons (Fsp3) is 0.385. The van der Waals surface area contributed by atoms with Crippen molar-refractivity contribution in [1.29, 1.82) is 0 Å². The number of nitrogens with zero attached hydrogens (tertiary/aromatic N) is 3. The van der Waals surface area contributed by atoms with Crippen molar-refractivity contribution in [1.82, 2.24) is 14.8 Å². The van der Waals surface area contributed by atoms with Crippen LogP contribution in [0.2, 0.25) is 0 Å². The van der Waals surface area contributed by atoms with Crippen molar-refractivity contribution in [3.8, 4) is 5.75 Å². The van der Waals surface area contributed by atoms with Gasteiger partial charge in [-0.3, -0.25) is 9.67 Å². The van der Waals surface area contributed by atoms with Crippen molar-refractivity contribution >= 4 is 0 Å². The molecule has 0 aliphatic heterocycles. The van der Waals surface area contributed by atoms with Gasteiger partial charge in [0.2, 0.25) is 0 Å². The SMILES string of the molecule is CCn1ncc(OC)c1C(C)(O)c1cccnc1. The largest absolute Gasteiger partial charge is 0.493 e. The van der Waals surface area contributed by atoms with Gasteiger partial charge in [0.05, 0.1) is 13.3 Å². The van der Waals surface area contributed by atoms with E-state index in [9.17, 15) is 5.11 Å². The summed E-state index contributed by atoms with van der Waals surface area (Å²) < 4.78 is 7.00. The van der Waals surface area contributed by atoms with Gasteiger partial charge in [-0.1, -0.05) is 6.07 Å². The number of hydrogen-bond donors (Lipinski definition) is 1. The van der Waals surface area contributed by atoms with Crippen LogP contribution in [0.25, 0.3) is 0 Å². The zero-order valence-electron chi connectivity index (χ0n) is 10.8. The predicted molar refractivity (Wildman–Crippen MR) is 67.4 cm³/mol. The third-order valence-corrected chi connectivity index (χ3v) is 3.01. The molecular formula is C13H17N3O2. The van der Waals surface area contributed by atoms with Crippen molar-refractivity contribution < 1.29 is 9.84 Å². The number of aromatic nitrogens is 3. The molecule has 1 N–H and O–H groups in total. The lowest BCUT2D eigenvalue weighted by Gasteiger charge is -2.25. The van der Waals surface area contributed by atoms with Crippen LogP contribution in [-0.2, 0) is 12.1 Å². The highest BCUT2D eigenvalue weighted by Crippen LogP contribution is 2.34. The van der Waals surface area contributed by atoms with E-state index in [1.165, 1.54) is 0 Å². The maximum absolute atomic E-state index is 10.8. The molecule has 0 saturated heterocycles.